The Hall–Kier alpha value is 0.360. The van der Waals surface area contributed by atoms with Crippen molar-refractivity contribution in [2.45, 2.75) is 0 Å². The van der Waals surface area contributed by atoms with Gasteiger partial charge in [-0.25, -0.2) is 0 Å². The fourth-order valence-corrected chi connectivity index (χ4v) is 0.683. The van der Waals surface area contributed by atoms with Gasteiger partial charge in [-0.3, -0.25) is 4.84 Å². The van der Waals surface area contributed by atoms with Crippen LogP contribution in [0.5, 0.6) is 0 Å². The molecule has 1 aliphatic heterocycles. The summed E-state index contributed by atoms with van der Waals surface area (Å²) in [7, 11) is 0. The Morgan fingerprint density at radius 3 is 3.00 bits per heavy atom. The zero-order valence-corrected chi connectivity index (χ0v) is 4.56. The zero-order valence-electron chi connectivity index (χ0n) is 2.93. The minimum Gasteiger partial charge on any atom is -0.285 e. The molecule has 0 aromatic rings. The van der Waals surface area contributed by atoms with Crippen molar-refractivity contribution in [1.29, 1.82) is 0 Å². The highest BCUT2D eigenvalue weighted by molar-refractivity contribution is 8.22. The first-order chi connectivity index (χ1) is 2.89. The summed E-state index contributed by atoms with van der Waals surface area (Å²) < 4.78 is 0.870. The maximum Gasteiger partial charge on any atom is 0.112 e. The van der Waals surface area contributed by atoms with Crippen molar-refractivity contribution in [2.24, 2.45) is 0 Å². The van der Waals surface area contributed by atoms with Gasteiger partial charge in [-0.15, -0.1) is 4.89 Å². The molecule has 4 heteroatoms. The first kappa shape index (κ1) is 4.52. The van der Waals surface area contributed by atoms with Crippen LogP contribution in [0.2, 0.25) is 0 Å². The molecule has 0 radical (unpaired) electrons. The highest BCUT2D eigenvalue weighted by atomic mass is 32.2. The lowest BCUT2D eigenvalue weighted by atomic mass is 10.9. The molecule has 0 unspecified atom stereocenters. The Morgan fingerprint density at radius 1 is 2.00 bits per heavy atom. The van der Waals surface area contributed by atoms with Gasteiger partial charge >= 0.3 is 0 Å². The molecule has 1 rings (SSSR count). The van der Waals surface area contributed by atoms with E-state index in [2.05, 4.69) is 9.72 Å². The minimum absolute atomic E-state index is 0.569. The highest BCUT2D eigenvalue weighted by Crippen LogP contribution is 2.04. The summed E-state index contributed by atoms with van der Waals surface area (Å²) in [6.45, 7) is 0.569. The highest BCUT2D eigenvalue weighted by Gasteiger charge is 2.03. The molecule has 0 aromatic carbocycles. The minimum atomic E-state index is 0.569. The molecule has 0 aliphatic carbocycles. The predicted octanol–water partition coefficient (Wildman–Crippen LogP) is 0.497. The summed E-state index contributed by atoms with van der Waals surface area (Å²) in [5.41, 5.74) is 0. The lowest BCUT2D eigenvalue weighted by Crippen LogP contribution is -1.92. The van der Waals surface area contributed by atoms with Gasteiger partial charge in [0.1, 0.15) is 6.61 Å². The molecule has 34 valence electrons. The lowest BCUT2D eigenvalue weighted by Gasteiger charge is -1.76. The van der Waals surface area contributed by atoms with Crippen LogP contribution >= 0.6 is 24.2 Å². The molecule has 0 aromatic heterocycles. The fraction of sp³-hybridized carbons (Fsp3) is 0.500. The summed E-state index contributed by atoms with van der Waals surface area (Å²) in [5, 5.41) is 0. The van der Waals surface area contributed by atoms with Gasteiger partial charge < -0.3 is 0 Å². The number of thiocarbonyl (C=S) groups is 1. The Morgan fingerprint density at radius 2 is 2.83 bits per heavy atom. The van der Waals surface area contributed by atoms with Crippen LogP contribution in [0.3, 0.4) is 0 Å². The smallest absolute Gasteiger partial charge is 0.112 e. The first-order valence-corrected chi connectivity index (χ1v) is 2.68. The molecule has 1 saturated heterocycles. The van der Waals surface area contributed by atoms with Gasteiger partial charge in [0.25, 0.3) is 0 Å². The van der Waals surface area contributed by atoms with Crippen LogP contribution in [0.1, 0.15) is 0 Å². The molecule has 1 fully saturated rings. The number of hydrogen-bond donors (Lipinski definition) is 1. The molecule has 0 amide bonds. The van der Waals surface area contributed by atoms with E-state index in [1.54, 1.807) is 0 Å². The third kappa shape index (κ3) is 0.909. The maximum absolute atomic E-state index is 4.69. The molecule has 0 spiro atoms. The molecule has 1 N–H and O–H groups in total. The van der Waals surface area contributed by atoms with Crippen molar-refractivity contribution in [3.8, 4) is 0 Å². The first-order valence-electron chi connectivity index (χ1n) is 1.46. The van der Waals surface area contributed by atoms with E-state index >= 15 is 0 Å². The van der Waals surface area contributed by atoms with Crippen LogP contribution in [0.4, 0.5) is 0 Å². The quantitative estimate of drug-likeness (QED) is 0.372. The molecular weight excluding hydrogens is 118 g/mol. The van der Waals surface area contributed by atoms with Gasteiger partial charge in [0.2, 0.25) is 0 Å². The molecule has 0 saturated carbocycles. The second-order valence-corrected chi connectivity index (χ2v) is 2.46. The van der Waals surface area contributed by atoms with Crippen LogP contribution in [-0.2, 0) is 4.84 Å². The number of nitrogens with one attached hydrogen (secondary N) is 1. The van der Waals surface area contributed by atoms with Crippen LogP contribution < -0.4 is 4.89 Å². The molecule has 0 bridgehead atoms. The van der Waals surface area contributed by atoms with Crippen LogP contribution in [0, 0.1) is 0 Å². The molecule has 1 aliphatic rings. The van der Waals surface area contributed by atoms with E-state index in [-0.39, 0.29) is 0 Å². The Kier molecular flexibility index (Phi) is 1.42. The van der Waals surface area contributed by atoms with E-state index in [1.807, 2.05) is 0 Å². The Balaban J connectivity index is 2.37. The average molecular weight is 121 g/mol. The van der Waals surface area contributed by atoms with E-state index < -0.39 is 0 Å². The van der Waals surface area contributed by atoms with Gasteiger partial charge in [0.05, 0.1) is 4.20 Å². The third-order valence-electron chi connectivity index (χ3n) is 0.404. The largest absolute Gasteiger partial charge is 0.285 e. The zero-order chi connectivity index (χ0) is 4.41. The van der Waals surface area contributed by atoms with Crippen molar-refractivity contribution in [3.05, 3.63) is 0 Å². The molecule has 0 atom stereocenters. The standard InChI is InChI=1S/C2H3NOS2/c5-2-1-4-3-6-2/h3H,1H2. The van der Waals surface area contributed by atoms with Gasteiger partial charge in [-0.1, -0.05) is 12.2 Å². The average Bonchev–Trinajstić information content (AvgIpc) is 1.86. The summed E-state index contributed by atoms with van der Waals surface area (Å²) >= 11 is 6.05. The van der Waals surface area contributed by atoms with E-state index in [0.717, 1.165) is 4.20 Å². The predicted molar refractivity (Wildman–Crippen MR) is 29.3 cm³/mol. The van der Waals surface area contributed by atoms with Crippen molar-refractivity contribution < 1.29 is 4.84 Å². The van der Waals surface area contributed by atoms with E-state index in [9.17, 15) is 0 Å². The Labute approximate surface area is 45.3 Å². The van der Waals surface area contributed by atoms with E-state index in [4.69, 9.17) is 12.2 Å². The third-order valence-corrected chi connectivity index (χ3v) is 1.32. The molecule has 2 nitrogen and oxygen atoms in total. The normalized spacial score (nSPS) is 22.3. The van der Waals surface area contributed by atoms with Crippen LogP contribution in [0.25, 0.3) is 0 Å². The van der Waals surface area contributed by atoms with Crippen LogP contribution in [-0.4, -0.2) is 10.8 Å². The van der Waals surface area contributed by atoms with E-state index in [0.29, 0.717) is 6.61 Å². The topological polar surface area (TPSA) is 21.3 Å². The second-order valence-electron chi connectivity index (χ2n) is 0.846. The molecule has 1 heterocycles. The molecule has 6 heavy (non-hydrogen) atoms. The van der Waals surface area contributed by atoms with Gasteiger partial charge in [0.15, 0.2) is 0 Å². The van der Waals surface area contributed by atoms with Crippen molar-refractivity contribution >= 4 is 28.4 Å². The molecular formula is C2H3NOS2. The summed E-state index contributed by atoms with van der Waals surface area (Å²) in [5.74, 6) is 0. The SMILES string of the molecule is S=C1CONS1. The monoisotopic (exact) mass is 121 g/mol. The van der Waals surface area contributed by atoms with Crippen LogP contribution in [0.15, 0.2) is 0 Å². The maximum atomic E-state index is 4.69. The Bertz CT molecular complexity index is 65.9. The number of rotatable bonds is 0. The summed E-state index contributed by atoms with van der Waals surface area (Å²) in [6, 6.07) is 0. The van der Waals surface area contributed by atoms with Gasteiger partial charge in [0, 0.05) is 0 Å². The fourth-order valence-electron chi connectivity index (χ4n) is 0.194. The summed E-state index contributed by atoms with van der Waals surface area (Å²) in [4.78, 5) is 7.18. The van der Waals surface area contributed by atoms with Crippen molar-refractivity contribution in [2.75, 3.05) is 6.61 Å². The second kappa shape index (κ2) is 1.88. The van der Waals surface area contributed by atoms with Gasteiger partial charge in [-0.05, 0) is 11.9 Å². The summed E-state index contributed by atoms with van der Waals surface area (Å²) in [6.07, 6.45) is 0. The van der Waals surface area contributed by atoms with E-state index in [1.165, 1.54) is 11.9 Å². The number of hydrogen-bond acceptors (Lipinski definition) is 4. The van der Waals surface area contributed by atoms with Crippen molar-refractivity contribution in [3.63, 3.8) is 0 Å². The van der Waals surface area contributed by atoms with Gasteiger partial charge in [-0.2, -0.15) is 0 Å². The lowest BCUT2D eigenvalue weighted by molar-refractivity contribution is 0.149. The van der Waals surface area contributed by atoms with Crippen molar-refractivity contribution in [1.82, 2.24) is 4.89 Å².